The van der Waals surface area contributed by atoms with E-state index < -0.39 is 17.5 Å². The lowest BCUT2D eigenvalue weighted by atomic mass is 9.91. The number of aliphatic hydroxyl groups is 1. The van der Waals surface area contributed by atoms with Crippen molar-refractivity contribution in [2.75, 3.05) is 0 Å². The molecular weight excluding hydrogens is 410 g/mol. The molecule has 0 aliphatic heterocycles. The molecule has 7 nitrogen and oxygen atoms in total. The van der Waals surface area contributed by atoms with Crippen molar-refractivity contribution in [3.63, 3.8) is 0 Å². The molecule has 7 heteroatoms. The van der Waals surface area contributed by atoms with Crippen LogP contribution in [0.25, 0.3) is 5.57 Å². The van der Waals surface area contributed by atoms with Gasteiger partial charge in [-0.05, 0) is 67.5 Å². The van der Waals surface area contributed by atoms with E-state index in [1.807, 2.05) is 19.9 Å². The van der Waals surface area contributed by atoms with Gasteiger partial charge in [0.1, 0.15) is 12.4 Å². The van der Waals surface area contributed by atoms with Crippen molar-refractivity contribution in [2.24, 2.45) is 0 Å². The van der Waals surface area contributed by atoms with E-state index in [1.165, 1.54) is 18.2 Å². The average Bonchev–Trinajstić information content (AvgIpc) is 2.80. The number of allylic oxidation sites excluding steroid dienone is 2. The van der Waals surface area contributed by atoms with E-state index in [2.05, 4.69) is 18.0 Å². The first-order valence-electron chi connectivity index (χ1n) is 10.8. The number of hydrogen-bond acceptors (Lipinski definition) is 5. The second kappa shape index (κ2) is 11.4. The predicted molar refractivity (Wildman–Crippen MR) is 122 cm³/mol. The molecule has 0 aliphatic rings. The summed E-state index contributed by atoms with van der Waals surface area (Å²) in [6.07, 6.45) is 9.35. The lowest BCUT2D eigenvalue weighted by Gasteiger charge is -2.24. The van der Waals surface area contributed by atoms with E-state index in [4.69, 9.17) is 9.84 Å². The molecule has 0 atom stereocenters. The number of carbonyl (C=O) groups is 2. The molecule has 0 fully saturated rings. The monoisotopic (exact) mass is 441 g/mol. The first-order valence-corrected chi connectivity index (χ1v) is 10.8. The number of aromatic nitrogens is 1. The number of nitrogens with zero attached hydrogens (tertiary/aromatic N) is 1. The second-order valence-electron chi connectivity index (χ2n) is 7.74. The van der Waals surface area contributed by atoms with Crippen molar-refractivity contribution in [1.29, 1.82) is 0 Å². The number of ether oxygens (including phenoxy) is 1. The van der Waals surface area contributed by atoms with Crippen molar-refractivity contribution in [1.82, 2.24) is 4.98 Å². The highest BCUT2D eigenvalue weighted by atomic mass is 16.5. The molecule has 3 N–H and O–H groups in total. The number of benzene rings is 1. The van der Waals surface area contributed by atoms with Gasteiger partial charge in [-0.25, -0.2) is 9.59 Å². The standard InChI is InChI=1S/C25H31NO6/c1-4-18(8-7-11-25(31,5-2)6-3)19-12-17(14-26-15-19)16-32-20-9-10-21(23(27)28)22(13-20)24(29)30/h8-10,12-15,31H,4-7,11,16H2,1-3H3,(H,27,28)(H,29,30)/b18-8+. The summed E-state index contributed by atoms with van der Waals surface area (Å²) in [5, 5.41) is 28.9. The molecule has 1 heterocycles. The van der Waals surface area contributed by atoms with Crippen LogP contribution in [0.5, 0.6) is 5.75 Å². The number of carboxylic acid groups (broad SMARTS) is 2. The Hall–Kier alpha value is -3.19. The molecule has 2 aromatic rings. The van der Waals surface area contributed by atoms with Crippen molar-refractivity contribution in [3.8, 4) is 5.75 Å². The van der Waals surface area contributed by atoms with Gasteiger partial charge in [-0.15, -0.1) is 0 Å². The third-order valence-corrected chi connectivity index (χ3v) is 5.72. The van der Waals surface area contributed by atoms with Crippen LogP contribution in [-0.2, 0) is 6.61 Å². The van der Waals surface area contributed by atoms with E-state index in [-0.39, 0.29) is 23.5 Å². The van der Waals surface area contributed by atoms with Crippen molar-refractivity contribution in [2.45, 2.75) is 65.1 Å². The zero-order valence-corrected chi connectivity index (χ0v) is 18.8. The molecule has 2 rings (SSSR count). The summed E-state index contributed by atoms with van der Waals surface area (Å²) in [6.45, 7) is 6.22. The van der Waals surface area contributed by atoms with Gasteiger partial charge in [0, 0.05) is 18.0 Å². The van der Waals surface area contributed by atoms with Crippen LogP contribution in [-0.4, -0.2) is 37.8 Å². The Morgan fingerprint density at radius 1 is 1.03 bits per heavy atom. The Kier molecular flexibility index (Phi) is 8.96. The molecule has 0 amide bonds. The maximum atomic E-state index is 11.3. The lowest BCUT2D eigenvalue weighted by Crippen LogP contribution is -2.25. The maximum Gasteiger partial charge on any atom is 0.336 e. The second-order valence-corrected chi connectivity index (χ2v) is 7.74. The Labute approximate surface area is 188 Å². The van der Waals surface area contributed by atoms with Crippen molar-refractivity contribution < 1.29 is 29.6 Å². The van der Waals surface area contributed by atoms with Crippen molar-refractivity contribution >= 4 is 17.5 Å². The molecule has 172 valence electrons. The Morgan fingerprint density at radius 3 is 2.31 bits per heavy atom. The van der Waals surface area contributed by atoms with E-state index in [0.717, 1.165) is 42.4 Å². The van der Waals surface area contributed by atoms with Gasteiger partial charge in [-0.3, -0.25) is 4.98 Å². The normalized spacial score (nSPS) is 11.9. The maximum absolute atomic E-state index is 11.3. The molecular formula is C25H31NO6. The van der Waals surface area contributed by atoms with E-state index >= 15 is 0 Å². The summed E-state index contributed by atoms with van der Waals surface area (Å²) in [5.74, 6) is -2.36. The van der Waals surface area contributed by atoms with E-state index in [0.29, 0.717) is 6.42 Å². The smallest absolute Gasteiger partial charge is 0.336 e. The highest BCUT2D eigenvalue weighted by molar-refractivity contribution is 6.02. The van der Waals surface area contributed by atoms with Crippen LogP contribution in [0.3, 0.4) is 0 Å². The van der Waals surface area contributed by atoms with Crippen LogP contribution in [0.15, 0.2) is 42.7 Å². The largest absolute Gasteiger partial charge is 0.489 e. The summed E-state index contributed by atoms with van der Waals surface area (Å²) in [7, 11) is 0. The third-order valence-electron chi connectivity index (χ3n) is 5.72. The first-order chi connectivity index (χ1) is 15.2. The average molecular weight is 442 g/mol. The fourth-order valence-corrected chi connectivity index (χ4v) is 3.47. The van der Waals surface area contributed by atoms with Gasteiger partial charge >= 0.3 is 11.9 Å². The fraction of sp³-hybridized carbons (Fsp3) is 0.400. The summed E-state index contributed by atoms with van der Waals surface area (Å²) >= 11 is 0. The van der Waals surface area contributed by atoms with Gasteiger partial charge in [0.25, 0.3) is 0 Å². The SMILES string of the molecule is CC/C(=C\CCC(O)(CC)CC)c1cncc(COc2ccc(C(=O)O)c(C(=O)O)c2)c1. The van der Waals surface area contributed by atoms with Crippen LogP contribution in [0.4, 0.5) is 0 Å². The lowest BCUT2D eigenvalue weighted by molar-refractivity contribution is 0.0246. The minimum Gasteiger partial charge on any atom is -0.489 e. The summed E-state index contributed by atoms with van der Waals surface area (Å²) in [6, 6.07) is 5.84. The number of carboxylic acids is 2. The molecule has 32 heavy (non-hydrogen) atoms. The molecule has 0 saturated carbocycles. The number of rotatable bonds is 12. The molecule has 0 radical (unpaired) electrons. The quantitative estimate of drug-likeness (QED) is 0.415. The van der Waals surface area contributed by atoms with Gasteiger partial charge in [0.2, 0.25) is 0 Å². The molecule has 0 saturated heterocycles. The number of aromatic carboxylic acids is 2. The van der Waals surface area contributed by atoms with Gasteiger partial charge in [0.05, 0.1) is 16.7 Å². The summed E-state index contributed by atoms with van der Waals surface area (Å²) < 4.78 is 5.69. The third kappa shape index (κ3) is 6.65. The molecule has 0 unspecified atom stereocenters. The Balaban J connectivity index is 2.12. The van der Waals surface area contributed by atoms with Gasteiger partial charge in [-0.2, -0.15) is 0 Å². The molecule has 1 aromatic carbocycles. The van der Waals surface area contributed by atoms with Gasteiger partial charge in [-0.1, -0.05) is 26.8 Å². The Bertz CT molecular complexity index is 978. The molecule has 1 aromatic heterocycles. The summed E-state index contributed by atoms with van der Waals surface area (Å²) in [4.78, 5) is 26.8. The zero-order chi connectivity index (χ0) is 23.7. The van der Waals surface area contributed by atoms with Gasteiger partial charge in [0.15, 0.2) is 0 Å². The van der Waals surface area contributed by atoms with Crippen molar-refractivity contribution in [3.05, 3.63) is 65.0 Å². The highest BCUT2D eigenvalue weighted by Crippen LogP contribution is 2.25. The number of hydrogen-bond donors (Lipinski definition) is 3. The van der Waals surface area contributed by atoms with Crippen LogP contribution in [0.1, 0.15) is 84.7 Å². The molecule has 0 aliphatic carbocycles. The zero-order valence-electron chi connectivity index (χ0n) is 18.8. The molecule has 0 spiro atoms. The molecule has 0 bridgehead atoms. The fourth-order valence-electron chi connectivity index (χ4n) is 3.47. The highest BCUT2D eigenvalue weighted by Gasteiger charge is 2.21. The van der Waals surface area contributed by atoms with Gasteiger partial charge < -0.3 is 20.1 Å². The van der Waals surface area contributed by atoms with E-state index in [9.17, 15) is 19.8 Å². The van der Waals surface area contributed by atoms with Crippen LogP contribution < -0.4 is 4.74 Å². The minimum absolute atomic E-state index is 0.161. The topological polar surface area (TPSA) is 117 Å². The Morgan fingerprint density at radius 2 is 1.72 bits per heavy atom. The predicted octanol–water partition coefficient (Wildman–Crippen LogP) is 5.18. The summed E-state index contributed by atoms with van der Waals surface area (Å²) in [5.41, 5.74) is 1.67. The van der Waals surface area contributed by atoms with Crippen LogP contribution in [0.2, 0.25) is 0 Å². The van der Waals surface area contributed by atoms with Crippen LogP contribution in [0, 0.1) is 0 Å². The number of pyridine rings is 1. The van der Waals surface area contributed by atoms with Crippen LogP contribution >= 0.6 is 0 Å². The van der Waals surface area contributed by atoms with E-state index in [1.54, 1.807) is 12.4 Å². The first kappa shape index (κ1) is 25.1. The minimum atomic E-state index is -1.33.